The molecule has 5 nitrogen and oxygen atoms in total. The second kappa shape index (κ2) is 4.65. The van der Waals surface area contributed by atoms with Crippen molar-refractivity contribution in [1.29, 1.82) is 0 Å². The van der Waals surface area contributed by atoms with Crippen molar-refractivity contribution >= 4 is 11.8 Å². The molecule has 1 aromatic heterocycles. The molecule has 0 amide bonds. The fraction of sp³-hybridized carbons (Fsp3) is 0.636. The lowest BCUT2D eigenvalue weighted by Gasteiger charge is -2.18. The van der Waals surface area contributed by atoms with Crippen LogP contribution in [0, 0.1) is 6.92 Å². The fourth-order valence-corrected chi connectivity index (χ4v) is 2.18. The maximum atomic E-state index is 5.50. The van der Waals surface area contributed by atoms with Gasteiger partial charge in [-0.3, -0.25) is 0 Å². The average Bonchev–Trinajstić information content (AvgIpc) is 2.81. The number of hydrogen-bond acceptors (Lipinski definition) is 5. The first kappa shape index (κ1) is 11.1. The largest absolute Gasteiger partial charge is 0.341 e. The zero-order chi connectivity index (χ0) is 11.5. The standard InChI is InChI=1S/C11H19N5/c1-3-9-8(2)13-11(14-10(9)15-12)16-6-4-5-7-16/h3-7,12H2,1-2H3,(H,13,14,15). The van der Waals surface area contributed by atoms with Crippen molar-refractivity contribution in [2.45, 2.75) is 33.1 Å². The minimum atomic E-state index is 0.761. The molecule has 16 heavy (non-hydrogen) atoms. The van der Waals surface area contributed by atoms with Crippen LogP contribution in [0.2, 0.25) is 0 Å². The molecule has 0 unspecified atom stereocenters. The van der Waals surface area contributed by atoms with Gasteiger partial charge in [0.15, 0.2) is 0 Å². The van der Waals surface area contributed by atoms with Crippen molar-refractivity contribution < 1.29 is 0 Å². The third kappa shape index (κ3) is 1.95. The van der Waals surface area contributed by atoms with E-state index in [2.05, 4.69) is 27.2 Å². The Morgan fingerprint density at radius 2 is 2.00 bits per heavy atom. The van der Waals surface area contributed by atoms with Gasteiger partial charge in [0.05, 0.1) is 0 Å². The van der Waals surface area contributed by atoms with Gasteiger partial charge in [-0.25, -0.2) is 10.8 Å². The topological polar surface area (TPSA) is 67.1 Å². The Morgan fingerprint density at radius 1 is 1.31 bits per heavy atom. The first-order valence-corrected chi connectivity index (χ1v) is 5.85. The lowest BCUT2D eigenvalue weighted by molar-refractivity contribution is 0.874. The summed E-state index contributed by atoms with van der Waals surface area (Å²) in [4.78, 5) is 11.3. The van der Waals surface area contributed by atoms with Crippen LogP contribution >= 0.6 is 0 Å². The molecule has 0 aliphatic carbocycles. The normalized spacial score (nSPS) is 15.6. The van der Waals surface area contributed by atoms with Crippen LogP contribution in [0.3, 0.4) is 0 Å². The molecule has 0 bridgehead atoms. The van der Waals surface area contributed by atoms with Gasteiger partial charge in [-0.1, -0.05) is 6.92 Å². The van der Waals surface area contributed by atoms with Crippen molar-refractivity contribution in [3.63, 3.8) is 0 Å². The Labute approximate surface area is 96.0 Å². The highest BCUT2D eigenvalue weighted by Crippen LogP contribution is 2.22. The van der Waals surface area contributed by atoms with Gasteiger partial charge >= 0.3 is 0 Å². The van der Waals surface area contributed by atoms with Crippen LogP contribution in [0.5, 0.6) is 0 Å². The van der Waals surface area contributed by atoms with E-state index in [-0.39, 0.29) is 0 Å². The number of aryl methyl sites for hydroxylation is 1. The summed E-state index contributed by atoms with van der Waals surface area (Å²) in [5.74, 6) is 7.07. The number of aromatic nitrogens is 2. The van der Waals surface area contributed by atoms with E-state index in [9.17, 15) is 0 Å². The quantitative estimate of drug-likeness (QED) is 0.593. The van der Waals surface area contributed by atoms with E-state index < -0.39 is 0 Å². The van der Waals surface area contributed by atoms with Gasteiger partial charge in [-0.05, 0) is 26.2 Å². The average molecular weight is 221 g/mol. The number of nitrogens with zero attached hydrogens (tertiary/aromatic N) is 3. The van der Waals surface area contributed by atoms with Gasteiger partial charge in [0.1, 0.15) is 5.82 Å². The van der Waals surface area contributed by atoms with Crippen molar-refractivity contribution in [3.05, 3.63) is 11.3 Å². The summed E-state index contributed by atoms with van der Waals surface area (Å²) in [7, 11) is 0. The highest BCUT2D eigenvalue weighted by Gasteiger charge is 2.17. The first-order valence-electron chi connectivity index (χ1n) is 5.85. The van der Waals surface area contributed by atoms with E-state index in [0.717, 1.165) is 42.5 Å². The smallest absolute Gasteiger partial charge is 0.227 e. The molecule has 0 radical (unpaired) electrons. The number of nitrogens with two attached hydrogens (primary N) is 1. The molecule has 0 saturated carbocycles. The lowest BCUT2D eigenvalue weighted by Crippen LogP contribution is -2.23. The summed E-state index contributed by atoms with van der Waals surface area (Å²) in [5, 5.41) is 0. The molecule has 5 heteroatoms. The minimum absolute atomic E-state index is 0.761. The van der Waals surface area contributed by atoms with E-state index in [1.807, 2.05) is 6.92 Å². The fourth-order valence-electron chi connectivity index (χ4n) is 2.18. The molecule has 2 heterocycles. The predicted octanol–water partition coefficient (Wildman–Crippen LogP) is 1.23. The molecule has 0 atom stereocenters. The summed E-state index contributed by atoms with van der Waals surface area (Å²) in [6, 6.07) is 0. The third-order valence-corrected chi connectivity index (χ3v) is 3.08. The van der Waals surface area contributed by atoms with Gasteiger partial charge in [-0.15, -0.1) is 0 Å². The summed E-state index contributed by atoms with van der Waals surface area (Å²) in [5.41, 5.74) is 4.80. The van der Waals surface area contributed by atoms with E-state index in [1.54, 1.807) is 0 Å². The molecule has 1 saturated heterocycles. The molecule has 88 valence electrons. The van der Waals surface area contributed by atoms with Crippen molar-refractivity contribution in [2.75, 3.05) is 23.4 Å². The predicted molar refractivity (Wildman–Crippen MR) is 65.4 cm³/mol. The van der Waals surface area contributed by atoms with Crippen molar-refractivity contribution in [1.82, 2.24) is 9.97 Å². The van der Waals surface area contributed by atoms with Gasteiger partial charge in [-0.2, -0.15) is 4.98 Å². The molecule has 1 fully saturated rings. The Morgan fingerprint density at radius 3 is 2.56 bits per heavy atom. The minimum Gasteiger partial charge on any atom is -0.341 e. The van der Waals surface area contributed by atoms with Gasteiger partial charge in [0.25, 0.3) is 0 Å². The van der Waals surface area contributed by atoms with Crippen molar-refractivity contribution in [3.8, 4) is 0 Å². The highest BCUT2D eigenvalue weighted by atomic mass is 15.3. The molecule has 1 aliphatic rings. The molecule has 2 rings (SSSR count). The van der Waals surface area contributed by atoms with E-state index in [4.69, 9.17) is 5.84 Å². The molecular weight excluding hydrogens is 202 g/mol. The SMILES string of the molecule is CCc1c(C)nc(N2CCCC2)nc1NN. The lowest BCUT2D eigenvalue weighted by atomic mass is 10.2. The van der Waals surface area contributed by atoms with E-state index in [1.165, 1.54) is 12.8 Å². The first-order chi connectivity index (χ1) is 7.76. The Kier molecular flexibility index (Phi) is 3.24. The van der Waals surface area contributed by atoms with Crippen molar-refractivity contribution in [2.24, 2.45) is 5.84 Å². The summed E-state index contributed by atoms with van der Waals surface area (Å²) < 4.78 is 0. The van der Waals surface area contributed by atoms with E-state index >= 15 is 0 Å². The number of rotatable bonds is 3. The zero-order valence-electron chi connectivity index (χ0n) is 9.95. The van der Waals surface area contributed by atoms with Crippen LogP contribution in [0.1, 0.15) is 31.0 Å². The number of hydrogen-bond donors (Lipinski definition) is 2. The zero-order valence-corrected chi connectivity index (χ0v) is 9.95. The second-order valence-corrected chi connectivity index (χ2v) is 4.13. The maximum absolute atomic E-state index is 5.50. The van der Waals surface area contributed by atoms with Gasteiger partial charge in [0.2, 0.25) is 5.95 Å². The Hall–Kier alpha value is -1.36. The molecular formula is C11H19N5. The van der Waals surface area contributed by atoms with Crippen LogP contribution in [0.25, 0.3) is 0 Å². The molecule has 3 N–H and O–H groups in total. The molecule has 1 aliphatic heterocycles. The number of hydrazine groups is 1. The Balaban J connectivity index is 2.36. The summed E-state index contributed by atoms with van der Waals surface area (Å²) in [6.45, 7) is 6.20. The third-order valence-electron chi connectivity index (χ3n) is 3.08. The number of nitrogen functional groups attached to an aromatic ring is 1. The van der Waals surface area contributed by atoms with Crippen LogP contribution in [-0.2, 0) is 6.42 Å². The van der Waals surface area contributed by atoms with Gasteiger partial charge in [0, 0.05) is 24.3 Å². The molecule has 0 aromatic carbocycles. The molecule has 0 spiro atoms. The van der Waals surface area contributed by atoms with Crippen LogP contribution < -0.4 is 16.2 Å². The second-order valence-electron chi connectivity index (χ2n) is 4.13. The summed E-state index contributed by atoms with van der Waals surface area (Å²) >= 11 is 0. The van der Waals surface area contributed by atoms with Gasteiger partial charge < -0.3 is 10.3 Å². The van der Waals surface area contributed by atoms with E-state index in [0.29, 0.717) is 0 Å². The Bertz CT molecular complexity index is 371. The summed E-state index contributed by atoms with van der Waals surface area (Å²) in [6.07, 6.45) is 3.35. The molecule has 1 aromatic rings. The van der Waals surface area contributed by atoms with Crippen LogP contribution in [0.15, 0.2) is 0 Å². The van der Waals surface area contributed by atoms with Crippen LogP contribution in [-0.4, -0.2) is 23.1 Å². The maximum Gasteiger partial charge on any atom is 0.227 e. The highest BCUT2D eigenvalue weighted by molar-refractivity contribution is 5.50. The monoisotopic (exact) mass is 221 g/mol. The number of anilines is 2. The number of nitrogens with one attached hydrogen (secondary N) is 1. The van der Waals surface area contributed by atoms with Crippen LogP contribution in [0.4, 0.5) is 11.8 Å².